The molecule has 0 aliphatic carbocycles. The Morgan fingerprint density at radius 2 is 1.23 bits per heavy atom. The quantitative estimate of drug-likeness (QED) is 0.530. The number of carbonyl (C=O) groups is 2. The van der Waals surface area contributed by atoms with Crippen LogP contribution in [0.5, 0.6) is 0 Å². The molecule has 122 valence electrons. The summed E-state index contributed by atoms with van der Waals surface area (Å²) in [6, 6.07) is 0. The molecular weight excluding hydrogens is 288 g/mol. The maximum atomic E-state index is 11.7. The predicted molar refractivity (Wildman–Crippen MR) is 77.6 cm³/mol. The molecule has 2 aliphatic heterocycles. The Morgan fingerprint density at radius 3 is 1.41 bits per heavy atom. The van der Waals surface area contributed by atoms with E-state index < -0.39 is 23.5 Å². The summed E-state index contributed by atoms with van der Waals surface area (Å²) in [6.45, 7) is 11.3. The Labute approximate surface area is 130 Å². The fourth-order valence-corrected chi connectivity index (χ4v) is 2.21. The first-order valence-corrected chi connectivity index (χ1v) is 7.33. The van der Waals surface area contributed by atoms with E-state index in [1.54, 1.807) is 13.8 Å². The van der Waals surface area contributed by atoms with E-state index in [9.17, 15) is 9.59 Å². The van der Waals surface area contributed by atoms with Crippen molar-refractivity contribution in [3.8, 4) is 0 Å². The molecule has 0 radical (unpaired) electrons. The van der Waals surface area contributed by atoms with Crippen molar-refractivity contribution in [2.24, 2.45) is 0 Å². The van der Waals surface area contributed by atoms with Gasteiger partial charge in [-0.15, -0.1) is 0 Å². The molecule has 2 rings (SSSR count). The van der Waals surface area contributed by atoms with Gasteiger partial charge in [0, 0.05) is 36.8 Å². The van der Waals surface area contributed by atoms with Gasteiger partial charge in [-0.3, -0.25) is 0 Å². The van der Waals surface area contributed by atoms with Crippen LogP contribution in [0.3, 0.4) is 0 Å². The van der Waals surface area contributed by atoms with Gasteiger partial charge in [-0.25, -0.2) is 9.59 Å². The molecule has 0 amide bonds. The third-order valence-electron chi connectivity index (χ3n) is 3.84. The molecule has 6 heteroatoms. The van der Waals surface area contributed by atoms with Gasteiger partial charge in [0.2, 0.25) is 11.6 Å². The minimum atomic E-state index is -0.961. The molecule has 2 atom stereocenters. The third-order valence-corrected chi connectivity index (χ3v) is 3.84. The van der Waals surface area contributed by atoms with Crippen molar-refractivity contribution < 1.29 is 28.5 Å². The van der Waals surface area contributed by atoms with Gasteiger partial charge in [-0.2, -0.15) is 0 Å². The fraction of sp³-hybridized carbons (Fsp3) is 0.625. The molecule has 2 heterocycles. The van der Waals surface area contributed by atoms with Crippen LogP contribution in [0.15, 0.2) is 24.3 Å². The molecule has 22 heavy (non-hydrogen) atoms. The first kappa shape index (κ1) is 16.7. The maximum absolute atomic E-state index is 11.7. The number of hydrogen-bond donors (Lipinski definition) is 0. The van der Waals surface area contributed by atoms with E-state index in [0.29, 0.717) is 50.0 Å². The van der Waals surface area contributed by atoms with Crippen molar-refractivity contribution in [2.75, 3.05) is 13.2 Å². The second kappa shape index (κ2) is 6.22. The van der Waals surface area contributed by atoms with Gasteiger partial charge in [0.05, 0.1) is 13.2 Å². The summed E-state index contributed by atoms with van der Waals surface area (Å²) in [6.07, 6.45) is 2.01. The summed E-state index contributed by atoms with van der Waals surface area (Å²) in [7, 11) is 0. The van der Waals surface area contributed by atoms with Gasteiger partial charge in [0.15, 0.2) is 0 Å². The molecule has 0 aromatic heterocycles. The Hall–Kier alpha value is -1.66. The normalized spacial score (nSPS) is 29.7. The molecule has 2 saturated heterocycles. The van der Waals surface area contributed by atoms with E-state index in [0.717, 1.165) is 0 Å². The van der Waals surface area contributed by atoms with Gasteiger partial charge in [-0.1, -0.05) is 13.2 Å². The highest BCUT2D eigenvalue weighted by molar-refractivity contribution is 5.87. The van der Waals surface area contributed by atoms with Crippen LogP contribution >= 0.6 is 0 Å². The van der Waals surface area contributed by atoms with Crippen LogP contribution in [-0.2, 0) is 28.5 Å². The SMILES string of the molecule is C=C(C)C(=O)OC1(CCC2(OC(=O)C(=C)C)CCO2)CCO1. The molecular formula is C16H22O6. The van der Waals surface area contributed by atoms with Crippen molar-refractivity contribution in [1.82, 2.24) is 0 Å². The minimum absolute atomic E-state index is 0.318. The van der Waals surface area contributed by atoms with Gasteiger partial charge in [0.25, 0.3) is 0 Å². The Kier molecular flexibility index (Phi) is 4.72. The largest absolute Gasteiger partial charge is 0.430 e. The molecule has 6 nitrogen and oxygen atoms in total. The zero-order chi connectivity index (χ0) is 16.4. The van der Waals surface area contributed by atoms with Crippen LogP contribution in [-0.4, -0.2) is 36.7 Å². The molecule has 2 aliphatic rings. The van der Waals surface area contributed by atoms with Gasteiger partial charge < -0.3 is 18.9 Å². The smallest absolute Gasteiger partial charge is 0.335 e. The Bertz CT molecular complexity index is 453. The highest BCUT2D eigenvalue weighted by Crippen LogP contribution is 2.40. The summed E-state index contributed by atoms with van der Waals surface area (Å²) in [5.41, 5.74) is 0.636. The zero-order valence-electron chi connectivity index (χ0n) is 13.1. The Morgan fingerprint density at radius 1 is 0.909 bits per heavy atom. The number of rotatable bonds is 7. The second-order valence-electron chi connectivity index (χ2n) is 5.86. The summed E-state index contributed by atoms with van der Waals surface area (Å²) in [5, 5.41) is 0. The topological polar surface area (TPSA) is 71.1 Å². The lowest BCUT2D eigenvalue weighted by Crippen LogP contribution is -2.53. The van der Waals surface area contributed by atoms with E-state index >= 15 is 0 Å². The number of esters is 2. The van der Waals surface area contributed by atoms with E-state index in [2.05, 4.69) is 13.2 Å². The van der Waals surface area contributed by atoms with Crippen molar-refractivity contribution in [1.29, 1.82) is 0 Å². The van der Waals surface area contributed by atoms with Gasteiger partial charge in [-0.05, 0) is 13.8 Å². The van der Waals surface area contributed by atoms with E-state index in [1.807, 2.05) is 0 Å². The number of carbonyl (C=O) groups excluding carboxylic acids is 2. The first-order valence-electron chi connectivity index (χ1n) is 7.33. The zero-order valence-corrected chi connectivity index (χ0v) is 13.1. The van der Waals surface area contributed by atoms with Crippen LogP contribution in [0, 0.1) is 0 Å². The highest BCUT2D eigenvalue weighted by atomic mass is 16.7. The van der Waals surface area contributed by atoms with Gasteiger partial charge >= 0.3 is 11.9 Å². The highest BCUT2D eigenvalue weighted by Gasteiger charge is 2.49. The predicted octanol–water partition coefficient (Wildman–Crippen LogP) is 2.24. The Balaban J connectivity index is 1.94. The standard InChI is InChI=1S/C16H22O6/c1-11(2)13(17)21-15(7-9-19-15)5-6-16(8-10-20-16)22-14(18)12(3)4/h1,3,5-10H2,2,4H3. The maximum Gasteiger partial charge on any atom is 0.335 e. The van der Waals surface area contributed by atoms with Crippen LogP contribution in [0.4, 0.5) is 0 Å². The number of ether oxygens (including phenoxy) is 4. The third kappa shape index (κ3) is 3.56. The molecule has 0 spiro atoms. The second-order valence-corrected chi connectivity index (χ2v) is 5.86. The fourth-order valence-electron chi connectivity index (χ4n) is 2.21. The van der Waals surface area contributed by atoms with E-state index in [1.165, 1.54) is 0 Å². The molecule has 0 saturated carbocycles. The molecule has 0 N–H and O–H groups in total. The van der Waals surface area contributed by atoms with Crippen molar-refractivity contribution in [3.63, 3.8) is 0 Å². The molecule has 2 unspecified atom stereocenters. The molecule has 2 fully saturated rings. The minimum Gasteiger partial charge on any atom is -0.430 e. The average molecular weight is 310 g/mol. The summed E-state index contributed by atoms with van der Waals surface area (Å²) in [4.78, 5) is 23.4. The first-order chi connectivity index (χ1) is 10.3. The van der Waals surface area contributed by atoms with Crippen LogP contribution in [0.25, 0.3) is 0 Å². The summed E-state index contributed by atoms with van der Waals surface area (Å²) < 4.78 is 21.7. The monoisotopic (exact) mass is 310 g/mol. The lowest BCUT2D eigenvalue weighted by atomic mass is 9.94. The summed E-state index contributed by atoms with van der Waals surface area (Å²) in [5.74, 6) is -2.89. The lowest BCUT2D eigenvalue weighted by Gasteiger charge is -2.45. The van der Waals surface area contributed by atoms with Crippen LogP contribution in [0.2, 0.25) is 0 Å². The van der Waals surface area contributed by atoms with E-state index in [-0.39, 0.29) is 0 Å². The summed E-state index contributed by atoms with van der Waals surface area (Å²) >= 11 is 0. The lowest BCUT2D eigenvalue weighted by molar-refractivity contribution is -0.325. The van der Waals surface area contributed by atoms with E-state index in [4.69, 9.17) is 18.9 Å². The van der Waals surface area contributed by atoms with Crippen LogP contribution < -0.4 is 0 Å². The molecule has 0 aromatic carbocycles. The molecule has 0 bridgehead atoms. The number of hydrogen-bond acceptors (Lipinski definition) is 6. The van der Waals surface area contributed by atoms with Crippen molar-refractivity contribution in [2.45, 2.75) is 51.1 Å². The average Bonchev–Trinajstić information content (AvgIpc) is 2.37. The van der Waals surface area contributed by atoms with Crippen LogP contribution in [0.1, 0.15) is 39.5 Å². The van der Waals surface area contributed by atoms with Crippen molar-refractivity contribution in [3.05, 3.63) is 24.3 Å². The van der Waals surface area contributed by atoms with Gasteiger partial charge in [0.1, 0.15) is 0 Å². The van der Waals surface area contributed by atoms with Crippen molar-refractivity contribution >= 4 is 11.9 Å². The molecule has 0 aromatic rings.